The normalized spacial score (nSPS) is 12.3. The first-order valence-electron chi connectivity index (χ1n) is 5.92. The third-order valence-corrected chi connectivity index (χ3v) is 2.50. The zero-order chi connectivity index (χ0) is 14.3. The Hall–Kier alpha value is -2.14. The van der Waals surface area contributed by atoms with Crippen LogP contribution in [-0.2, 0) is 9.59 Å². The van der Waals surface area contributed by atoms with Crippen LogP contribution in [0.4, 0.5) is 0 Å². The third kappa shape index (κ3) is 5.35. The van der Waals surface area contributed by atoms with Crippen molar-refractivity contribution in [1.82, 2.24) is 5.32 Å². The molecule has 0 spiro atoms. The van der Waals surface area contributed by atoms with E-state index in [0.717, 1.165) is 11.1 Å². The van der Waals surface area contributed by atoms with Crippen molar-refractivity contribution in [3.05, 3.63) is 41.5 Å². The van der Waals surface area contributed by atoms with Gasteiger partial charge in [-0.25, -0.2) is 4.79 Å². The predicted octanol–water partition coefficient (Wildman–Crippen LogP) is 0.960. The van der Waals surface area contributed by atoms with Crippen molar-refractivity contribution in [2.45, 2.75) is 19.4 Å². The van der Waals surface area contributed by atoms with Gasteiger partial charge in [0.2, 0.25) is 5.91 Å². The molecule has 3 N–H and O–H groups in total. The maximum atomic E-state index is 11.5. The van der Waals surface area contributed by atoms with E-state index in [4.69, 9.17) is 10.2 Å². The Morgan fingerprint density at radius 2 is 2.16 bits per heavy atom. The molecule has 0 aliphatic carbocycles. The SMILES string of the molecule is Cc1cccc(/C=C/C(=O)N[C@@H](CCO)C(=O)O)c1. The van der Waals surface area contributed by atoms with Crippen LogP contribution < -0.4 is 5.32 Å². The molecule has 1 amide bonds. The molecular weight excluding hydrogens is 246 g/mol. The number of aliphatic carboxylic acids is 1. The quantitative estimate of drug-likeness (QED) is 0.667. The van der Waals surface area contributed by atoms with Crippen LogP contribution in [0.1, 0.15) is 17.5 Å². The molecule has 0 saturated carbocycles. The number of carboxylic acid groups (broad SMARTS) is 1. The molecule has 0 aliphatic heterocycles. The first kappa shape index (κ1) is 14.9. The van der Waals surface area contributed by atoms with E-state index in [1.165, 1.54) is 6.08 Å². The summed E-state index contributed by atoms with van der Waals surface area (Å²) in [5.41, 5.74) is 1.94. The summed E-state index contributed by atoms with van der Waals surface area (Å²) in [5.74, 6) is -1.66. The monoisotopic (exact) mass is 263 g/mol. The Labute approximate surface area is 111 Å². The summed E-state index contributed by atoms with van der Waals surface area (Å²) in [6.07, 6.45) is 2.88. The lowest BCUT2D eigenvalue weighted by Gasteiger charge is -2.11. The number of hydrogen-bond donors (Lipinski definition) is 3. The van der Waals surface area contributed by atoms with Crippen LogP contribution in [0.2, 0.25) is 0 Å². The van der Waals surface area contributed by atoms with Crippen LogP contribution in [0.3, 0.4) is 0 Å². The summed E-state index contributed by atoms with van der Waals surface area (Å²) in [6.45, 7) is 1.65. The summed E-state index contributed by atoms with van der Waals surface area (Å²) in [6, 6.07) is 6.50. The molecule has 0 aromatic heterocycles. The minimum absolute atomic E-state index is 0.0145. The second-order valence-electron chi connectivity index (χ2n) is 4.16. The van der Waals surface area contributed by atoms with E-state index in [-0.39, 0.29) is 13.0 Å². The Morgan fingerprint density at radius 1 is 1.42 bits per heavy atom. The molecule has 1 aromatic rings. The largest absolute Gasteiger partial charge is 0.480 e. The van der Waals surface area contributed by atoms with Crippen LogP contribution in [0, 0.1) is 6.92 Å². The Morgan fingerprint density at radius 3 is 2.74 bits per heavy atom. The van der Waals surface area contributed by atoms with Gasteiger partial charge in [-0.05, 0) is 18.6 Å². The number of amides is 1. The van der Waals surface area contributed by atoms with Crippen LogP contribution in [-0.4, -0.2) is 34.7 Å². The summed E-state index contributed by atoms with van der Waals surface area (Å²) in [7, 11) is 0. The highest BCUT2D eigenvalue weighted by Gasteiger charge is 2.17. The van der Waals surface area contributed by atoms with Gasteiger partial charge in [0.05, 0.1) is 0 Å². The van der Waals surface area contributed by atoms with Crippen LogP contribution in [0.15, 0.2) is 30.3 Å². The Balaban J connectivity index is 2.61. The number of aliphatic hydroxyl groups is 1. The highest BCUT2D eigenvalue weighted by atomic mass is 16.4. The van der Waals surface area contributed by atoms with Gasteiger partial charge < -0.3 is 15.5 Å². The van der Waals surface area contributed by atoms with Crippen molar-refractivity contribution in [2.75, 3.05) is 6.61 Å². The lowest BCUT2D eigenvalue weighted by molar-refractivity contribution is -0.141. The van der Waals surface area contributed by atoms with Crippen LogP contribution in [0.25, 0.3) is 6.08 Å². The van der Waals surface area contributed by atoms with Gasteiger partial charge in [-0.3, -0.25) is 4.79 Å². The molecule has 0 heterocycles. The minimum atomic E-state index is -1.16. The second kappa shape index (κ2) is 7.33. The number of carbonyl (C=O) groups excluding carboxylic acids is 1. The average Bonchev–Trinajstić information content (AvgIpc) is 2.36. The topological polar surface area (TPSA) is 86.6 Å². The van der Waals surface area contributed by atoms with E-state index in [2.05, 4.69) is 5.32 Å². The molecule has 0 aliphatic rings. The van der Waals surface area contributed by atoms with E-state index >= 15 is 0 Å². The molecule has 102 valence electrons. The molecule has 1 aromatic carbocycles. The number of rotatable bonds is 6. The molecule has 1 rings (SSSR count). The molecule has 1 atom stereocenters. The van der Waals surface area contributed by atoms with Gasteiger partial charge in [-0.2, -0.15) is 0 Å². The summed E-state index contributed by atoms with van der Waals surface area (Å²) < 4.78 is 0. The number of carbonyl (C=O) groups is 2. The van der Waals surface area contributed by atoms with Crippen molar-refractivity contribution < 1.29 is 19.8 Å². The van der Waals surface area contributed by atoms with Crippen molar-refractivity contribution >= 4 is 18.0 Å². The standard InChI is InChI=1S/C14H17NO4/c1-10-3-2-4-11(9-10)5-6-13(17)15-12(7-8-16)14(18)19/h2-6,9,12,16H,7-8H2,1H3,(H,15,17)(H,18,19)/b6-5+/t12-/m0/s1. The highest BCUT2D eigenvalue weighted by Crippen LogP contribution is 2.05. The first-order valence-corrected chi connectivity index (χ1v) is 5.92. The fourth-order valence-electron chi connectivity index (χ4n) is 1.55. The molecule has 0 saturated heterocycles. The average molecular weight is 263 g/mol. The fraction of sp³-hybridized carbons (Fsp3) is 0.286. The van der Waals surface area contributed by atoms with Gasteiger partial charge in [-0.1, -0.05) is 29.8 Å². The van der Waals surface area contributed by atoms with Gasteiger partial charge in [0.25, 0.3) is 0 Å². The van der Waals surface area contributed by atoms with Crippen molar-refractivity contribution in [2.24, 2.45) is 0 Å². The lowest BCUT2D eigenvalue weighted by Crippen LogP contribution is -2.40. The molecule has 19 heavy (non-hydrogen) atoms. The van der Waals surface area contributed by atoms with E-state index < -0.39 is 17.9 Å². The molecule has 0 unspecified atom stereocenters. The van der Waals surface area contributed by atoms with Gasteiger partial charge in [-0.15, -0.1) is 0 Å². The number of carboxylic acids is 1. The number of aryl methyl sites for hydroxylation is 1. The highest BCUT2D eigenvalue weighted by molar-refractivity contribution is 5.94. The Kier molecular flexibility index (Phi) is 5.75. The maximum Gasteiger partial charge on any atom is 0.326 e. The zero-order valence-corrected chi connectivity index (χ0v) is 10.7. The summed E-state index contributed by atoms with van der Waals surface area (Å²) in [5, 5.41) is 19.8. The van der Waals surface area contributed by atoms with Crippen molar-refractivity contribution in [3.63, 3.8) is 0 Å². The second-order valence-corrected chi connectivity index (χ2v) is 4.16. The van der Waals surface area contributed by atoms with Crippen LogP contribution >= 0.6 is 0 Å². The molecular formula is C14H17NO4. The molecule has 0 radical (unpaired) electrons. The van der Waals surface area contributed by atoms with E-state index in [0.29, 0.717) is 0 Å². The first-order chi connectivity index (χ1) is 9.02. The van der Waals surface area contributed by atoms with Crippen molar-refractivity contribution in [3.8, 4) is 0 Å². The smallest absolute Gasteiger partial charge is 0.326 e. The number of hydrogen-bond acceptors (Lipinski definition) is 3. The number of benzene rings is 1. The molecule has 5 heteroatoms. The van der Waals surface area contributed by atoms with Crippen LogP contribution in [0.5, 0.6) is 0 Å². The maximum absolute atomic E-state index is 11.5. The fourth-order valence-corrected chi connectivity index (χ4v) is 1.55. The predicted molar refractivity (Wildman–Crippen MR) is 71.5 cm³/mol. The van der Waals surface area contributed by atoms with Gasteiger partial charge >= 0.3 is 5.97 Å². The van der Waals surface area contributed by atoms with Gasteiger partial charge in [0, 0.05) is 19.1 Å². The van der Waals surface area contributed by atoms with E-state index in [1.54, 1.807) is 6.08 Å². The minimum Gasteiger partial charge on any atom is -0.480 e. The third-order valence-electron chi connectivity index (χ3n) is 2.50. The summed E-state index contributed by atoms with van der Waals surface area (Å²) in [4.78, 5) is 22.3. The number of nitrogens with one attached hydrogen (secondary N) is 1. The van der Waals surface area contributed by atoms with E-state index in [1.807, 2.05) is 31.2 Å². The number of aliphatic hydroxyl groups excluding tert-OH is 1. The lowest BCUT2D eigenvalue weighted by atomic mass is 10.1. The van der Waals surface area contributed by atoms with Gasteiger partial charge in [0.15, 0.2) is 0 Å². The molecule has 0 bridgehead atoms. The van der Waals surface area contributed by atoms with Crippen molar-refractivity contribution in [1.29, 1.82) is 0 Å². The van der Waals surface area contributed by atoms with Gasteiger partial charge in [0.1, 0.15) is 6.04 Å². The zero-order valence-electron chi connectivity index (χ0n) is 10.7. The molecule has 5 nitrogen and oxygen atoms in total. The Bertz CT molecular complexity index is 482. The summed E-state index contributed by atoms with van der Waals surface area (Å²) >= 11 is 0. The molecule has 0 fully saturated rings. The van der Waals surface area contributed by atoms with E-state index in [9.17, 15) is 9.59 Å².